The molecule has 3 amide bonds. The fourth-order valence-electron chi connectivity index (χ4n) is 3.81. The van der Waals surface area contributed by atoms with Crippen molar-refractivity contribution in [3.8, 4) is 0 Å². The van der Waals surface area contributed by atoms with Crippen LogP contribution in [0.4, 0.5) is 4.79 Å². The highest BCUT2D eigenvalue weighted by atomic mass is 16.3. The van der Waals surface area contributed by atoms with Gasteiger partial charge in [0.2, 0.25) is 5.91 Å². The van der Waals surface area contributed by atoms with Gasteiger partial charge in [0.1, 0.15) is 5.76 Å². The van der Waals surface area contributed by atoms with Crippen LogP contribution in [0.25, 0.3) is 0 Å². The van der Waals surface area contributed by atoms with E-state index in [0.717, 1.165) is 38.2 Å². The van der Waals surface area contributed by atoms with Crippen LogP contribution in [-0.2, 0) is 4.79 Å². The number of likely N-dealkylation sites (tertiary alicyclic amines) is 2. The molecule has 0 spiro atoms. The number of furan rings is 1. The summed E-state index contributed by atoms with van der Waals surface area (Å²) < 4.78 is 5.59. The minimum Gasteiger partial charge on any atom is -0.468 e. The van der Waals surface area contributed by atoms with Crippen LogP contribution in [-0.4, -0.2) is 60.5 Å². The number of hydrogen-bond acceptors (Lipinski definition) is 4. The van der Waals surface area contributed by atoms with Gasteiger partial charge in [-0.15, -0.1) is 0 Å². The predicted octanol–water partition coefficient (Wildman–Crippen LogP) is 1.73. The van der Waals surface area contributed by atoms with Crippen LogP contribution in [0.2, 0.25) is 0 Å². The zero-order valence-corrected chi connectivity index (χ0v) is 14.9. The number of carbonyl (C=O) groups is 2. The lowest BCUT2D eigenvalue weighted by atomic mass is 10.1. The maximum absolute atomic E-state index is 12.6. The maximum Gasteiger partial charge on any atom is 0.317 e. The molecule has 0 saturated carbocycles. The highest BCUT2D eigenvalue weighted by Gasteiger charge is 2.28. The van der Waals surface area contributed by atoms with E-state index >= 15 is 0 Å². The van der Waals surface area contributed by atoms with E-state index in [2.05, 4.69) is 15.5 Å². The number of urea groups is 1. The molecule has 2 fully saturated rings. The van der Waals surface area contributed by atoms with Gasteiger partial charge < -0.3 is 20.0 Å². The number of amides is 3. The second kappa shape index (κ2) is 8.38. The molecule has 2 aliphatic heterocycles. The quantitative estimate of drug-likeness (QED) is 0.849. The van der Waals surface area contributed by atoms with Crippen molar-refractivity contribution < 1.29 is 14.0 Å². The zero-order chi connectivity index (χ0) is 17.6. The van der Waals surface area contributed by atoms with E-state index in [1.54, 1.807) is 11.2 Å². The van der Waals surface area contributed by atoms with E-state index in [1.165, 1.54) is 19.8 Å². The van der Waals surface area contributed by atoms with Crippen molar-refractivity contribution in [3.05, 3.63) is 24.2 Å². The van der Waals surface area contributed by atoms with Crippen LogP contribution in [0.1, 0.15) is 44.4 Å². The van der Waals surface area contributed by atoms with Crippen LogP contribution in [0.15, 0.2) is 22.8 Å². The summed E-state index contributed by atoms with van der Waals surface area (Å²) >= 11 is 0. The van der Waals surface area contributed by atoms with Crippen LogP contribution >= 0.6 is 0 Å². The Balaban J connectivity index is 1.55. The number of carbonyl (C=O) groups excluding carboxylic acids is 2. The molecule has 1 aromatic heterocycles. The van der Waals surface area contributed by atoms with Gasteiger partial charge in [-0.3, -0.25) is 9.69 Å². The third-order valence-corrected chi connectivity index (χ3v) is 5.02. The average Bonchev–Trinajstić information content (AvgIpc) is 3.29. The monoisotopic (exact) mass is 348 g/mol. The second-order valence-electron chi connectivity index (χ2n) is 6.95. The summed E-state index contributed by atoms with van der Waals surface area (Å²) in [5.41, 5.74) is 0. The Hall–Kier alpha value is -2.02. The fourth-order valence-corrected chi connectivity index (χ4v) is 3.81. The minimum absolute atomic E-state index is 0.0424. The zero-order valence-electron chi connectivity index (χ0n) is 14.9. The summed E-state index contributed by atoms with van der Waals surface area (Å²) in [6.45, 7) is 5.43. The van der Waals surface area contributed by atoms with E-state index in [0.29, 0.717) is 13.1 Å². The largest absolute Gasteiger partial charge is 0.468 e. The van der Waals surface area contributed by atoms with E-state index in [1.807, 2.05) is 12.1 Å². The third kappa shape index (κ3) is 4.75. The van der Waals surface area contributed by atoms with Gasteiger partial charge in [0, 0.05) is 32.6 Å². The Kier molecular flexibility index (Phi) is 5.96. The van der Waals surface area contributed by atoms with Gasteiger partial charge in [-0.1, -0.05) is 0 Å². The Labute approximate surface area is 148 Å². The van der Waals surface area contributed by atoms with Gasteiger partial charge in [0.25, 0.3) is 0 Å². The Morgan fingerprint density at radius 1 is 1.28 bits per heavy atom. The van der Waals surface area contributed by atoms with Gasteiger partial charge in [0.05, 0.1) is 12.3 Å². The highest BCUT2D eigenvalue weighted by Crippen LogP contribution is 2.25. The number of rotatable bonds is 5. The SMILES string of the molecule is CC(=O)NC1CCCN(C(=O)NCC(c2ccco2)N2CCCC2)C1. The van der Waals surface area contributed by atoms with Crippen LogP contribution in [0, 0.1) is 0 Å². The van der Waals surface area contributed by atoms with Crippen LogP contribution in [0.3, 0.4) is 0 Å². The summed E-state index contributed by atoms with van der Waals surface area (Å²) in [5.74, 6) is 0.858. The Bertz CT molecular complexity index is 569. The first kappa shape index (κ1) is 17.8. The normalized spacial score (nSPS) is 22.6. The lowest BCUT2D eigenvalue weighted by Crippen LogP contribution is -2.52. The van der Waals surface area contributed by atoms with Crippen molar-refractivity contribution in [1.82, 2.24) is 20.4 Å². The maximum atomic E-state index is 12.6. The number of nitrogens with zero attached hydrogens (tertiary/aromatic N) is 2. The molecular weight excluding hydrogens is 320 g/mol. The topological polar surface area (TPSA) is 77.8 Å². The Morgan fingerprint density at radius 3 is 2.76 bits per heavy atom. The number of piperidine rings is 1. The average molecular weight is 348 g/mol. The van der Waals surface area contributed by atoms with Crippen molar-refractivity contribution in [2.45, 2.75) is 44.7 Å². The van der Waals surface area contributed by atoms with E-state index < -0.39 is 0 Å². The molecule has 25 heavy (non-hydrogen) atoms. The molecule has 2 unspecified atom stereocenters. The second-order valence-corrected chi connectivity index (χ2v) is 6.95. The molecule has 138 valence electrons. The van der Waals surface area contributed by atoms with Gasteiger partial charge in [-0.05, 0) is 50.9 Å². The predicted molar refractivity (Wildman–Crippen MR) is 94.1 cm³/mol. The van der Waals surface area contributed by atoms with Crippen LogP contribution < -0.4 is 10.6 Å². The smallest absolute Gasteiger partial charge is 0.317 e. The van der Waals surface area contributed by atoms with Crippen molar-refractivity contribution in [3.63, 3.8) is 0 Å². The molecule has 2 N–H and O–H groups in total. The molecule has 2 atom stereocenters. The van der Waals surface area contributed by atoms with Gasteiger partial charge in [0.15, 0.2) is 0 Å². The molecule has 7 heteroatoms. The first-order valence-electron chi connectivity index (χ1n) is 9.21. The minimum atomic E-state index is -0.0641. The molecule has 0 bridgehead atoms. The summed E-state index contributed by atoms with van der Waals surface area (Å²) in [4.78, 5) is 28.0. The molecule has 3 rings (SSSR count). The fraction of sp³-hybridized carbons (Fsp3) is 0.667. The van der Waals surface area contributed by atoms with Gasteiger partial charge >= 0.3 is 6.03 Å². The summed E-state index contributed by atoms with van der Waals surface area (Å²) in [6.07, 6.45) is 5.90. The first-order chi connectivity index (χ1) is 12.1. The number of hydrogen-bond donors (Lipinski definition) is 2. The van der Waals surface area contributed by atoms with Gasteiger partial charge in [-0.2, -0.15) is 0 Å². The lowest BCUT2D eigenvalue weighted by Gasteiger charge is -2.34. The van der Waals surface area contributed by atoms with Crippen molar-refractivity contribution in [2.75, 3.05) is 32.7 Å². The molecular formula is C18H28N4O3. The van der Waals surface area contributed by atoms with Crippen molar-refractivity contribution in [2.24, 2.45) is 0 Å². The van der Waals surface area contributed by atoms with Crippen LogP contribution in [0.5, 0.6) is 0 Å². The Morgan fingerprint density at radius 2 is 2.08 bits per heavy atom. The molecule has 2 saturated heterocycles. The standard InChI is InChI=1S/C18H28N4O3/c1-14(23)20-15-6-4-10-22(13-15)18(24)19-12-16(17-7-5-11-25-17)21-8-2-3-9-21/h5,7,11,15-16H,2-4,6,8-10,12-13H2,1H3,(H,19,24)(H,20,23). The molecule has 0 aromatic carbocycles. The van der Waals surface area contributed by atoms with E-state index in [-0.39, 0.29) is 24.0 Å². The molecule has 3 heterocycles. The van der Waals surface area contributed by atoms with E-state index in [9.17, 15) is 9.59 Å². The number of nitrogens with one attached hydrogen (secondary N) is 2. The summed E-state index contributed by atoms with van der Waals surface area (Å²) in [7, 11) is 0. The van der Waals surface area contributed by atoms with E-state index in [4.69, 9.17) is 4.42 Å². The third-order valence-electron chi connectivity index (χ3n) is 5.02. The molecule has 0 aliphatic carbocycles. The van der Waals surface area contributed by atoms with Gasteiger partial charge in [-0.25, -0.2) is 4.79 Å². The van der Waals surface area contributed by atoms with Crippen molar-refractivity contribution in [1.29, 1.82) is 0 Å². The summed E-state index contributed by atoms with van der Waals surface area (Å²) in [6, 6.07) is 3.94. The first-order valence-corrected chi connectivity index (χ1v) is 9.21. The summed E-state index contributed by atoms with van der Waals surface area (Å²) in [5, 5.41) is 5.98. The molecule has 7 nitrogen and oxygen atoms in total. The molecule has 0 radical (unpaired) electrons. The highest BCUT2D eigenvalue weighted by molar-refractivity contribution is 5.75. The lowest BCUT2D eigenvalue weighted by molar-refractivity contribution is -0.119. The van der Waals surface area contributed by atoms with Crippen molar-refractivity contribution >= 4 is 11.9 Å². The molecule has 1 aromatic rings. The molecule has 2 aliphatic rings.